The van der Waals surface area contributed by atoms with Gasteiger partial charge in [-0.25, -0.2) is 7.29 Å². The summed E-state index contributed by atoms with van der Waals surface area (Å²) in [6.07, 6.45) is 3.55. The molecule has 0 radical (unpaired) electrons. The van der Waals surface area contributed by atoms with E-state index in [1.165, 1.54) is 0 Å². The molecule has 2 aromatic carbocycles. The predicted octanol–water partition coefficient (Wildman–Crippen LogP) is 4.59. The first-order valence-electron chi connectivity index (χ1n) is 8.77. The van der Waals surface area contributed by atoms with Gasteiger partial charge < -0.3 is 4.90 Å². The van der Waals surface area contributed by atoms with Gasteiger partial charge in [-0.15, -0.1) is 0 Å². The lowest BCUT2D eigenvalue weighted by Gasteiger charge is -2.17. The fourth-order valence-electron chi connectivity index (χ4n) is 3.67. The summed E-state index contributed by atoms with van der Waals surface area (Å²) < 4.78 is 17.1. The van der Waals surface area contributed by atoms with E-state index in [-0.39, 0.29) is 18.3 Å². The van der Waals surface area contributed by atoms with Gasteiger partial charge in [-0.3, -0.25) is 9.78 Å². The third kappa shape index (κ3) is 2.77. The zero-order valence-electron chi connectivity index (χ0n) is 14.6. The van der Waals surface area contributed by atoms with Crippen LogP contribution in [-0.2, 0) is 13.1 Å². The molecule has 0 unspecified atom stereocenters. The van der Waals surface area contributed by atoms with Crippen molar-refractivity contribution in [2.24, 2.45) is 0 Å². The van der Waals surface area contributed by atoms with E-state index in [4.69, 9.17) is 0 Å². The Labute approximate surface area is 174 Å². The van der Waals surface area contributed by atoms with Gasteiger partial charge in [0.05, 0.1) is 46.2 Å². The second-order valence-corrected chi connectivity index (χ2v) is 7.68. The number of hydrogen-bond acceptors (Lipinski definition) is 3. The summed E-state index contributed by atoms with van der Waals surface area (Å²) in [5.41, 5.74) is 3.93. The molecule has 5 rings (SSSR count). The van der Waals surface area contributed by atoms with Crippen molar-refractivity contribution in [3.63, 3.8) is 0 Å². The number of aromatic nitrogens is 3. The van der Waals surface area contributed by atoms with E-state index in [0.29, 0.717) is 23.2 Å². The fourth-order valence-corrected chi connectivity index (χ4v) is 4.18. The lowest BCUT2D eigenvalue weighted by molar-refractivity contribution is 0.0765. The highest BCUT2D eigenvalue weighted by molar-refractivity contribution is 14.1. The van der Waals surface area contributed by atoms with Crippen LogP contribution in [0.5, 0.6) is 0 Å². The molecule has 138 valence electrons. The molecule has 1 aliphatic heterocycles. The van der Waals surface area contributed by atoms with Crippen LogP contribution in [0.15, 0.2) is 60.9 Å². The van der Waals surface area contributed by atoms with Crippen molar-refractivity contribution in [1.29, 1.82) is 0 Å². The maximum Gasteiger partial charge on any atom is 0.256 e. The number of nitrogens with zero attached hydrogens (tertiary/aromatic N) is 4. The summed E-state index contributed by atoms with van der Waals surface area (Å²) in [5, 5.41) is 5.28. The van der Waals surface area contributed by atoms with Crippen molar-refractivity contribution in [3.8, 4) is 11.1 Å². The predicted molar refractivity (Wildman–Crippen MR) is 112 cm³/mol. The van der Waals surface area contributed by atoms with Gasteiger partial charge in [0.2, 0.25) is 0 Å². The van der Waals surface area contributed by atoms with Gasteiger partial charge in [0.1, 0.15) is 5.82 Å². The van der Waals surface area contributed by atoms with Gasteiger partial charge in [-0.1, -0.05) is 30.3 Å². The molecule has 7 heteroatoms. The Morgan fingerprint density at radius 3 is 2.68 bits per heavy atom. The Balaban J connectivity index is 1.53. The molecule has 4 aromatic rings. The molecule has 0 aliphatic carbocycles. The van der Waals surface area contributed by atoms with Crippen molar-refractivity contribution in [2.75, 3.05) is 0 Å². The number of rotatable bonds is 3. The maximum atomic E-state index is 15.4. The van der Waals surface area contributed by atoms with Crippen LogP contribution in [0, 0.1) is 5.82 Å². The van der Waals surface area contributed by atoms with Crippen LogP contribution in [0.25, 0.3) is 22.0 Å². The van der Waals surface area contributed by atoms with Crippen LogP contribution in [0.1, 0.15) is 21.6 Å². The van der Waals surface area contributed by atoms with Crippen molar-refractivity contribution in [2.45, 2.75) is 13.1 Å². The number of halogens is 2. The molecule has 0 spiro atoms. The Bertz CT molecular complexity index is 1240. The number of carbonyl (C=O) groups excluding carboxylic acids is 1. The molecule has 0 saturated carbocycles. The molecule has 1 aliphatic rings. The topological polar surface area (TPSA) is 51.0 Å². The maximum absolute atomic E-state index is 15.4. The molecule has 0 saturated heterocycles. The molecule has 28 heavy (non-hydrogen) atoms. The van der Waals surface area contributed by atoms with E-state index in [1.54, 1.807) is 38.3 Å². The first kappa shape index (κ1) is 17.3. The van der Waals surface area contributed by atoms with Crippen molar-refractivity contribution in [3.05, 3.63) is 83.6 Å². The number of fused-ring (bicyclic) bond motifs is 2. The first-order valence-corrected chi connectivity index (χ1v) is 9.74. The zero-order chi connectivity index (χ0) is 19.3. The van der Waals surface area contributed by atoms with E-state index in [2.05, 4.69) is 32.9 Å². The number of hydrogen-bond donors (Lipinski definition) is 0. The standard InChI is InChI=1S/C21H14FIN4O/c22-20-13(10-26-12-19-16(21(26)28)7-3-9-24-19)4-1-6-15(20)14-5-2-8-18-17(14)11-27(23)25-18/h1-9,11H,10,12H2. The molecule has 0 fully saturated rings. The van der Waals surface area contributed by atoms with Crippen LogP contribution in [0.2, 0.25) is 0 Å². The smallest absolute Gasteiger partial charge is 0.256 e. The quantitative estimate of drug-likeness (QED) is 0.400. The van der Waals surface area contributed by atoms with Gasteiger partial charge >= 0.3 is 0 Å². The van der Waals surface area contributed by atoms with Crippen LogP contribution in [0.4, 0.5) is 4.39 Å². The minimum atomic E-state index is -0.312. The van der Waals surface area contributed by atoms with E-state index < -0.39 is 0 Å². The third-order valence-electron chi connectivity index (χ3n) is 5.00. The SMILES string of the molecule is O=C1c2cccnc2CN1Cc1cccc(-c2cccc3nn(I)cc23)c1F. The Morgan fingerprint density at radius 1 is 1.04 bits per heavy atom. The number of benzene rings is 2. The Morgan fingerprint density at radius 2 is 1.82 bits per heavy atom. The van der Waals surface area contributed by atoms with E-state index in [1.807, 2.05) is 30.5 Å². The summed E-state index contributed by atoms with van der Waals surface area (Å²) in [6, 6.07) is 14.5. The lowest BCUT2D eigenvalue weighted by atomic mass is 9.99. The summed E-state index contributed by atoms with van der Waals surface area (Å²) >= 11 is 2.08. The number of amides is 1. The molecule has 0 bridgehead atoms. The second kappa shape index (κ2) is 6.66. The molecular weight excluding hydrogens is 470 g/mol. The lowest BCUT2D eigenvalue weighted by Crippen LogP contribution is -2.23. The summed E-state index contributed by atoms with van der Waals surface area (Å²) in [7, 11) is 0. The van der Waals surface area contributed by atoms with Gasteiger partial charge in [-0.2, -0.15) is 5.10 Å². The zero-order valence-corrected chi connectivity index (χ0v) is 16.8. The molecular formula is C21H14FIN4O. The second-order valence-electron chi connectivity index (χ2n) is 6.69. The third-order valence-corrected chi connectivity index (χ3v) is 5.49. The summed E-state index contributed by atoms with van der Waals surface area (Å²) in [5.74, 6) is -0.422. The van der Waals surface area contributed by atoms with E-state index in [0.717, 1.165) is 22.2 Å². The minimum Gasteiger partial charge on any atom is -0.328 e. The van der Waals surface area contributed by atoms with Gasteiger partial charge in [0.15, 0.2) is 0 Å². The number of carbonyl (C=O) groups is 1. The molecule has 1 amide bonds. The van der Waals surface area contributed by atoms with Crippen LogP contribution < -0.4 is 0 Å². The molecule has 5 nitrogen and oxygen atoms in total. The average molecular weight is 484 g/mol. The van der Waals surface area contributed by atoms with Gasteiger partial charge in [0, 0.05) is 35.5 Å². The van der Waals surface area contributed by atoms with Crippen molar-refractivity contribution < 1.29 is 9.18 Å². The highest BCUT2D eigenvalue weighted by Crippen LogP contribution is 2.32. The normalized spacial score (nSPS) is 13.4. The highest BCUT2D eigenvalue weighted by atomic mass is 127. The Hall–Kier alpha value is -2.81. The van der Waals surface area contributed by atoms with Crippen molar-refractivity contribution in [1.82, 2.24) is 17.9 Å². The Kier molecular flexibility index (Phi) is 4.12. The molecule has 2 aromatic heterocycles. The number of pyridine rings is 1. The summed E-state index contributed by atoms with van der Waals surface area (Å²) in [4.78, 5) is 18.5. The van der Waals surface area contributed by atoms with Gasteiger partial charge in [-0.05, 0) is 23.8 Å². The van der Waals surface area contributed by atoms with E-state index in [9.17, 15) is 4.79 Å². The monoisotopic (exact) mass is 484 g/mol. The minimum absolute atomic E-state index is 0.110. The highest BCUT2D eigenvalue weighted by Gasteiger charge is 2.29. The molecule has 0 atom stereocenters. The van der Waals surface area contributed by atoms with Crippen LogP contribution >= 0.6 is 22.9 Å². The first-order chi connectivity index (χ1) is 13.6. The van der Waals surface area contributed by atoms with Crippen molar-refractivity contribution >= 4 is 39.7 Å². The fraction of sp³-hybridized carbons (Fsp3) is 0.0952. The van der Waals surface area contributed by atoms with E-state index >= 15 is 4.39 Å². The van der Waals surface area contributed by atoms with Gasteiger partial charge in [0.25, 0.3) is 5.91 Å². The average Bonchev–Trinajstić information content (AvgIpc) is 3.23. The largest absolute Gasteiger partial charge is 0.328 e. The summed E-state index contributed by atoms with van der Waals surface area (Å²) in [6.45, 7) is 0.603. The molecule has 0 N–H and O–H groups in total. The van der Waals surface area contributed by atoms with Crippen LogP contribution in [0.3, 0.4) is 0 Å². The van der Waals surface area contributed by atoms with Crippen LogP contribution in [-0.4, -0.2) is 23.8 Å². The molecule has 3 heterocycles.